The predicted octanol–water partition coefficient (Wildman–Crippen LogP) is 2.49. The molecule has 1 aliphatic heterocycles. The van der Waals surface area contributed by atoms with Crippen LogP contribution in [0.1, 0.15) is 5.56 Å². The van der Waals surface area contributed by atoms with E-state index in [1.54, 1.807) is 13.2 Å². The van der Waals surface area contributed by atoms with Gasteiger partial charge in [-0.2, -0.15) is 0 Å². The van der Waals surface area contributed by atoms with Gasteiger partial charge in [-0.3, -0.25) is 4.90 Å². The van der Waals surface area contributed by atoms with Crippen LogP contribution < -0.4 is 20.0 Å². The van der Waals surface area contributed by atoms with E-state index in [-0.39, 0.29) is 11.1 Å². The molecule has 160 valence electrons. The van der Waals surface area contributed by atoms with Gasteiger partial charge in [-0.15, -0.1) is 0 Å². The van der Waals surface area contributed by atoms with Crippen molar-refractivity contribution in [2.75, 3.05) is 51.3 Å². The molecule has 4 rings (SSSR count). The summed E-state index contributed by atoms with van der Waals surface area (Å²) in [5.74, 6) is 1.61. The molecule has 3 aromatic rings. The number of ether oxygens (including phenoxy) is 2. The van der Waals surface area contributed by atoms with Crippen LogP contribution in [0.2, 0.25) is 0 Å². The first-order chi connectivity index (χ1) is 14.1. The summed E-state index contributed by atoms with van der Waals surface area (Å²) in [6.45, 7) is 7.36. The Morgan fingerprint density at radius 2 is 1.67 bits per heavy atom. The van der Waals surface area contributed by atoms with Crippen molar-refractivity contribution in [2.24, 2.45) is 0 Å². The van der Waals surface area contributed by atoms with Gasteiger partial charge in [0, 0.05) is 55.9 Å². The van der Waals surface area contributed by atoms with Crippen LogP contribution in [-0.4, -0.2) is 56.8 Å². The molecular weight excluding hydrogens is 384 g/mol. The lowest BCUT2D eigenvalue weighted by molar-refractivity contribution is 0.200. The van der Waals surface area contributed by atoms with Gasteiger partial charge in [0.25, 0.3) is 0 Å². The van der Waals surface area contributed by atoms with Crippen LogP contribution in [0, 0.1) is 6.92 Å². The van der Waals surface area contributed by atoms with E-state index in [1.165, 1.54) is 11.8 Å². The molecule has 7 nitrogen and oxygen atoms in total. The molecule has 2 N–H and O–H groups in total. The van der Waals surface area contributed by atoms with Crippen molar-refractivity contribution in [3.63, 3.8) is 0 Å². The molecule has 2 aromatic carbocycles. The van der Waals surface area contributed by atoms with Gasteiger partial charge in [-0.05, 0) is 48.9 Å². The minimum Gasteiger partial charge on any atom is -0.497 e. The lowest BCUT2D eigenvalue weighted by Crippen LogP contribution is -2.47. The molecule has 0 bridgehead atoms. The summed E-state index contributed by atoms with van der Waals surface area (Å²) in [5, 5.41) is 0.937. The van der Waals surface area contributed by atoms with E-state index in [9.17, 15) is 4.79 Å². The molecule has 0 saturated carbocycles. The summed E-state index contributed by atoms with van der Waals surface area (Å²) < 4.78 is 16.4. The van der Waals surface area contributed by atoms with Crippen LogP contribution in [0.3, 0.4) is 0 Å². The smallest absolute Gasteiger partial charge is 0.336 e. The average Bonchev–Trinajstić information content (AvgIpc) is 2.74. The lowest BCUT2D eigenvalue weighted by atomic mass is 10.1. The zero-order valence-corrected chi connectivity index (χ0v) is 17.4. The maximum absolute atomic E-state index is 11.6. The molecule has 0 unspecified atom stereocenters. The van der Waals surface area contributed by atoms with E-state index >= 15 is 0 Å². The maximum Gasteiger partial charge on any atom is 0.336 e. The molecule has 1 fully saturated rings. The van der Waals surface area contributed by atoms with Crippen LogP contribution in [0.5, 0.6) is 11.5 Å². The first kappa shape index (κ1) is 21.7. The van der Waals surface area contributed by atoms with E-state index in [2.05, 4.69) is 21.9 Å². The van der Waals surface area contributed by atoms with Gasteiger partial charge >= 0.3 is 5.63 Å². The van der Waals surface area contributed by atoms with Gasteiger partial charge < -0.3 is 24.3 Å². The van der Waals surface area contributed by atoms with Crippen molar-refractivity contribution in [2.45, 2.75) is 6.92 Å². The summed E-state index contributed by atoms with van der Waals surface area (Å²) in [7, 11) is 1.69. The molecule has 0 radical (unpaired) electrons. The Bertz CT molecular complexity index is 1020. The van der Waals surface area contributed by atoms with E-state index in [4.69, 9.17) is 13.9 Å². The summed E-state index contributed by atoms with van der Waals surface area (Å²) in [6, 6.07) is 15.4. The first-order valence-electron chi connectivity index (χ1n) is 9.91. The van der Waals surface area contributed by atoms with E-state index < -0.39 is 0 Å². The van der Waals surface area contributed by atoms with Gasteiger partial charge in [0.15, 0.2) is 0 Å². The Labute approximate surface area is 175 Å². The zero-order chi connectivity index (χ0) is 20.2. The van der Waals surface area contributed by atoms with Crippen LogP contribution >= 0.6 is 0 Å². The van der Waals surface area contributed by atoms with Crippen molar-refractivity contribution in [3.8, 4) is 11.5 Å². The Morgan fingerprint density at radius 1 is 0.967 bits per heavy atom. The molecule has 1 aliphatic rings. The topological polar surface area (TPSA) is 86.7 Å². The summed E-state index contributed by atoms with van der Waals surface area (Å²) in [5.41, 5.74) is 2.38. The molecule has 0 aliphatic carbocycles. The third kappa shape index (κ3) is 4.93. The van der Waals surface area contributed by atoms with E-state index in [1.807, 2.05) is 31.2 Å². The second kappa shape index (κ2) is 9.65. The van der Waals surface area contributed by atoms with Crippen LogP contribution in [0.15, 0.2) is 57.7 Å². The number of fused-ring (bicyclic) bond motifs is 1. The van der Waals surface area contributed by atoms with Crippen LogP contribution in [0.4, 0.5) is 5.69 Å². The molecule has 0 atom stereocenters. The number of nitrogens with zero attached hydrogens (tertiary/aromatic N) is 2. The third-order valence-corrected chi connectivity index (χ3v) is 5.41. The van der Waals surface area contributed by atoms with Crippen molar-refractivity contribution >= 4 is 16.7 Å². The molecule has 0 amide bonds. The van der Waals surface area contributed by atoms with Crippen molar-refractivity contribution in [3.05, 3.63) is 64.5 Å². The standard InChI is InChI=1S/C23H26N2O4.H2O/c1-17-15-23(26)29-22-16-20(7-8-21(17)22)28-14-13-24-9-11-25(12-10-24)18-3-5-19(27-2)6-4-18;/h3-8,15-16H,9-14H2,1-2H3;1H2. The van der Waals surface area contributed by atoms with Gasteiger partial charge in [0.2, 0.25) is 0 Å². The second-order valence-electron chi connectivity index (χ2n) is 7.28. The fraction of sp³-hybridized carbons (Fsp3) is 0.348. The second-order valence-corrected chi connectivity index (χ2v) is 7.28. The number of anilines is 1. The number of methoxy groups -OCH3 is 1. The molecule has 2 heterocycles. The number of rotatable bonds is 6. The Kier molecular flexibility index (Phi) is 6.97. The van der Waals surface area contributed by atoms with Gasteiger partial charge in [0.1, 0.15) is 23.7 Å². The number of aryl methyl sites for hydroxylation is 1. The summed E-state index contributed by atoms with van der Waals surface area (Å²) >= 11 is 0. The van der Waals surface area contributed by atoms with Crippen molar-refractivity contribution < 1.29 is 19.4 Å². The molecular formula is C23H28N2O5. The van der Waals surface area contributed by atoms with E-state index in [0.29, 0.717) is 12.2 Å². The molecule has 0 spiro atoms. The number of piperazine rings is 1. The van der Waals surface area contributed by atoms with E-state index in [0.717, 1.165) is 55.2 Å². The largest absolute Gasteiger partial charge is 0.497 e. The fourth-order valence-corrected chi connectivity index (χ4v) is 3.71. The molecule has 30 heavy (non-hydrogen) atoms. The van der Waals surface area contributed by atoms with Gasteiger partial charge in [-0.25, -0.2) is 4.79 Å². The molecule has 1 aromatic heterocycles. The number of hydrogen-bond acceptors (Lipinski definition) is 6. The van der Waals surface area contributed by atoms with Gasteiger partial charge in [-0.1, -0.05) is 0 Å². The Balaban J connectivity index is 0.00000256. The summed E-state index contributed by atoms with van der Waals surface area (Å²) in [6.07, 6.45) is 0. The quantitative estimate of drug-likeness (QED) is 0.578. The minimum atomic E-state index is -0.332. The maximum atomic E-state index is 11.6. The molecule has 1 saturated heterocycles. The lowest BCUT2D eigenvalue weighted by Gasteiger charge is -2.36. The highest BCUT2D eigenvalue weighted by molar-refractivity contribution is 5.81. The van der Waals surface area contributed by atoms with Gasteiger partial charge in [0.05, 0.1) is 7.11 Å². The van der Waals surface area contributed by atoms with Crippen LogP contribution in [0.25, 0.3) is 11.0 Å². The summed E-state index contributed by atoms with van der Waals surface area (Å²) in [4.78, 5) is 16.4. The Morgan fingerprint density at radius 3 is 2.37 bits per heavy atom. The highest BCUT2D eigenvalue weighted by Gasteiger charge is 2.17. The molecule has 7 heteroatoms. The normalized spacial score (nSPS) is 14.4. The predicted molar refractivity (Wildman–Crippen MR) is 118 cm³/mol. The number of hydrogen-bond donors (Lipinski definition) is 0. The van der Waals surface area contributed by atoms with Crippen LogP contribution in [-0.2, 0) is 0 Å². The Hall–Kier alpha value is -3.03. The highest BCUT2D eigenvalue weighted by atomic mass is 16.5. The monoisotopic (exact) mass is 412 g/mol. The number of benzene rings is 2. The first-order valence-corrected chi connectivity index (χ1v) is 9.91. The highest BCUT2D eigenvalue weighted by Crippen LogP contribution is 2.23. The SMILES string of the molecule is COc1ccc(N2CCN(CCOc3ccc4c(C)cc(=O)oc4c3)CC2)cc1.O. The van der Waals surface area contributed by atoms with Crippen molar-refractivity contribution in [1.82, 2.24) is 4.90 Å². The fourth-order valence-electron chi connectivity index (χ4n) is 3.71. The van der Waals surface area contributed by atoms with Crippen molar-refractivity contribution in [1.29, 1.82) is 0 Å². The third-order valence-electron chi connectivity index (χ3n) is 5.41. The minimum absolute atomic E-state index is 0. The zero-order valence-electron chi connectivity index (χ0n) is 17.4. The average molecular weight is 412 g/mol.